The van der Waals surface area contributed by atoms with E-state index in [4.69, 9.17) is 0 Å². The van der Waals surface area contributed by atoms with Gasteiger partial charge in [0.15, 0.2) is 0 Å². The van der Waals surface area contributed by atoms with E-state index in [1.54, 1.807) is 0 Å². The summed E-state index contributed by atoms with van der Waals surface area (Å²) in [6, 6.07) is 0. The molecule has 0 amide bonds. The minimum absolute atomic E-state index is 1.01. The van der Waals surface area contributed by atoms with Crippen LogP contribution in [0.25, 0.3) is 12.2 Å². The van der Waals surface area contributed by atoms with Crippen LogP contribution in [0, 0.1) is 13.8 Å². The van der Waals surface area contributed by atoms with Gasteiger partial charge in [-0.1, -0.05) is 18.7 Å². The molecule has 0 aliphatic carbocycles. The summed E-state index contributed by atoms with van der Waals surface area (Å²) < 4.78 is 2.30. The monoisotopic (exact) mass is 189 g/mol. The average molecular weight is 189 g/mol. The Morgan fingerprint density at radius 1 is 1.36 bits per heavy atom. The molecule has 14 heavy (non-hydrogen) atoms. The maximum atomic E-state index is 3.88. The Kier molecular flexibility index (Phi) is 3.34. The Hall–Kier alpha value is -1.24. The molecule has 0 aromatic carbocycles. The van der Waals surface area contributed by atoms with Gasteiger partial charge in [0, 0.05) is 23.5 Å². The van der Waals surface area contributed by atoms with Gasteiger partial charge in [-0.3, -0.25) is 0 Å². The quantitative estimate of drug-likeness (QED) is 0.681. The number of hydrogen-bond acceptors (Lipinski definition) is 0. The lowest BCUT2D eigenvalue weighted by atomic mass is 10.1. The van der Waals surface area contributed by atoms with E-state index < -0.39 is 0 Å². The van der Waals surface area contributed by atoms with Crippen LogP contribution < -0.4 is 0 Å². The van der Waals surface area contributed by atoms with Gasteiger partial charge >= 0.3 is 0 Å². The molecule has 0 saturated heterocycles. The van der Waals surface area contributed by atoms with Crippen LogP contribution in [0.15, 0.2) is 12.7 Å². The third-order valence-corrected chi connectivity index (χ3v) is 2.76. The fourth-order valence-electron chi connectivity index (χ4n) is 1.92. The maximum absolute atomic E-state index is 3.88. The predicted molar refractivity (Wildman–Crippen MR) is 64.4 cm³/mol. The zero-order chi connectivity index (χ0) is 10.7. The van der Waals surface area contributed by atoms with Crippen LogP contribution in [-0.4, -0.2) is 4.57 Å². The average Bonchev–Trinajstić information content (AvgIpc) is 2.42. The second kappa shape index (κ2) is 4.32. The number of rotatable bonds is 3. The van der Waals surface area contributed by atoms with Crippen LogP contribution >= 0.6 is 0 Å². The molecule has 0 bridgehead atoms. The Morgan fingerprint density at radius 3 is 2.43 bits per heavy atom. The number of nitrogens with zero attached hydrogens (tertiary/aromatic N) is 1. The van der Waals surface area contributed by atoms with E-state index >= 15 is 0 Å². The predicted octanol–water partition coefficient (Wildman–Crippen LogP) is 3.80. The third kappa shape index (κ3) is 1.54. The van der Waals surface area contributed by atoms with Gasteiger partial charge in [-0.05, 0) is 39.3 Å². The zero-order valence-corrected chi connectivity index (χ0v) is 9.59. The molecule has 0 saturated carbocycles. The van der Waals surface area contributed by atoms with Crippen LogP contribution in [0.1, 0.15) is 36.4 Å². The van der Waals surface area contributed by atoms with Crippen molar-refractivity contribution in [2.75, 3.05) is 0 Å². The first-order valence-electron chi connectivity index (χ1n) is 5.12. The summed E-state index contributed by atoms with van der Waals surface area (Å²) in [4.78, 5) is 0. The Bertz CT molecular complexity index is 367. The van der Waals surface area contributed by atoms with Crippen LogP contribution in [0.2, 0.25) is 0 Å². The summed E-state index contributed by atoms with van der Waals surface area (Å²) >= 11 is 0. The van der Waals surface area contributed by atoms with Crippen molar-refractivity contribution in [1.29, 1.82) is 0 Å². The summed E-state index contributed by atoms with van der Waals surface area (Å²) in [5.74, 6) is 0. The first-order valence-corrected chi connectivity index (χ1v) is 5.12. The smallest absolute Gasteiger partial charge is 0.0479 e. The van der Waals surface area contributed by atoms with Crippen molar-refractivity contribution in [2.24, 2.45) is 0 Å². The van der Waals surface area contributed by atoms with Gasteiger partial charge in [0.05, 0.1) is 0 Å². The van der Waals surface area contributed by atoms with E-state index in [9.17, 15) is 0 Å². The van der Waals surface area contributed by atoms with Crippen molar-refractivity contribution in [3.05, 3.63) is 35.2 Å². The molecule has 1 aromatic rings. The number of aromatic nitrogens is 1. The summed E-state index contributed by atoms with van der Waals surface area (Å²) in [6.45, 7) is 13.4. The first kappa shape index (κ1) is 10.8. The molecule has 0 radical (unpaired) electrons. The molecular formula is C13H19N. The summed E-state index contributed by atoms with van der Waals surface area (Å²) in [6.07, 6.45) is 6.18. The Morgan fingerprint density at radius 2 is 2.00 bits per heavy atom. The van der Waals surface area contributed by atoms with Gasteiger partial charge in [-0.15, -0.1) is 0 Å². The highest BCUT2D eigenvalue weighted by Gasteiger charge is 2.11. The van der Waals surface area contributed by atoms with Gasteiger partial charge in [0.1, 0.15) is 0 Å². The van der Waals surface area contributed by atoms with E-state index in [0.717, 1.165) is 6.54 Å². The second-order valence-electron chi connectivity index (χ2n) is 3.46. The van der Waals surface area contributed by atoms with Gasteiger partial charge in [-0.2, -0.15) is 0 Å². The van der Waals surface area contributed by atoms with Crippen molar-refractivity contribution in [1.82, 2.24) is 4.57 Å². The molecule has 0 N–H and O–H groups in total. The minimum atomic E-state index is 1.01. The van der Waals surface area contributed by atoms with E-state index in [2.05, 4.69) is 44.1 Å². The standard InChI is InChI=1S/C13H19N/c1-6-9-12-10(4)11(5)14(8-3)13(12)7-2/h6-7,9H,2,8H2,1,3-5H3/b9-6-. The van der Waals surface area contributed by atoms with Gasteiger partial charge < -0.3 is 4.57 Å². The van der Waals surface area contributed by atoms with E-state index in [1.807, 2.05) is 13.0 Å². The van der Waals surface area contributed by atoms with E-state index in [1.165, 1.54) is 22.5 Å². The molecule has 1 heteroatoms. The lowest BCUT2D eigenvalue weighted by Crippen LogP contribution is -1.99. The second-order valence-corrected chi connectivity index (χ2v) is 3.46. The molecule has 0 aliphatic heterocycles. The Balaban J connectivity index is 3.47. The number of allylic oxidation sites excluding steroid dienone is 1. The van der Waals surface area contributed by atoms with Crippen molar-refractivity contribution in [3.8, 4) is 0 Å². The molecule has 1 nitrogen and oxygen atoms in total. The fourth-order valence-corrected chi connectivity index (χ4v) is 1.92. The normalized spacial score (nSPS) is 11.1. The van der Waals surface area contributed by atoms with Crippen molar-refractivity contribution in [3.63, 3.8) is 0 Å². The third-order valence-electron chi connectivity index (χ3n) is 2.76. The van der Waals surface area contributed by atoms with Gasteiger partial charge in [0.25, 0.3) is 0 Å². The summed E-state index contributed by atoms with van der Waals surface area (Å²) in [5.41, 5.74) is 5.25. The molecule has 0 unspecified atom stereocenters. The van der Waals surface area contributed by atoms with Crippen molar-refractivity contribution >= 4 is 12.2 Å². The molecule has 0 atom stereocenters. The highest BCUT2D eigenvalue weighted by Crippen LogP contribution is 2.24. The van der Waals surface area contributed by atoms with Crippen molar-refractivity contribution < 1.29 is 0 Å². The van der Waals surface area contributed by atoms with Gasteiger partial charge in [-0.25, -0.2) is 0 Å². The largest absolute Gasteiger partial charge is 0.345 e. The SMILES string of the molecule is C=Cc1c(/C=C\C)c(C)c(C)n1CC. The lowest BCUT2D eigenvalue weighted by molar-refractivity contribution is 0.733. The van der Waals surface area contributed by atoms with Crippen LogP contribution in [-0.2, 0) is 6.54 Å². The molecule has 1 rings (SSSR count). The van der Waals surface area contributed by atoms with Gasteiger partial charge in [0.2, 0.25) is 0 Å². The lowest BCUT2D eigenvalue weighted by Gasteiger charge is -2.05. The molecular weight excluding hydrogens is 170 g/mol. The highest BCUT2D eigenvalue weighted by molar-refractivity contribution is 5.67. The minimum Gasteiger partial charge on any atom is -0.345 e. The van der Waals surface area contributed by atoms with Crippen LogP contribution in [0.5, 0.6) is 0 Å². The van der Waals surface area contributed by atoms with Crippen molar-refractivity contribution in [2.45, 2.75) is 34.2 Å². The fraction of sp³-hybridized carbons (Fsp3) is 0.385. The molecule has 1 heterocycles. The number of hydrogen-bond donors (Lipinski definition) is 0. The molecule has 0 spiro atoms. The topological polar surface area (TPSA) is 4.93 Å². The molecule has 0 aliphatic rings. The molecule has 0 fully saturated rings. The summed E-state index contributed by atoms with van der Waals surface area (Å²) in [7, 11) is 0. The van der Waals surface area contributed by atoms with Crippen LogP contribution in [0.4, 0.5) is 0 Å². The molecule has 1 aromatic heterocycles. The highest BCUT2D eigenvalue weighted by atomic mass is 15.0. The van der Waals surface area contributed by atoms with E-state index in [-0.39, 0.29) is 0 Å². The van der Waals surface area contributed by atoms with Crippen LogP contribution in [0.3, 0.4) is 0 Å². The van der Waals surface area contributed by atoms with E-state index in [0.29, 0.717) is 0 Å². The maximum Gasteiger partial charge on any atom is 0.0479 e. The molecule has 76 valence electrons. The summed E-state index contributed by atoms with van der Waals surface area (Å²) in [5, 5.41) is 0. The Labute approximate surface area is 86.8 Å². The first-order chi connectivity index (χ1) is 6.67. The zero-order valence-electron chi connectivity index (χ0n) is 9.59.